The van der Waals surface area contributed by atoms with Crippen molar-refractivity contribution in [3.05, 3.63) is 24.3 Å². The van der Waals surface area contributed by atoms with Crippen LogP contribution in [0.3, 0.4) is 0 Å². The molecule has 0 atom stereocenters. The molecule has 0 aliphatic carbocycles. The number of thioether (sulfide) groups is 2. The predicted molar refractivity (Wildman–Crippen MR) is 69.3 cm³/mol. The summed E-state index contributed by atoms with van der Waals surface area (Å²) in [4.78, 5) is 16.0. The van der Waals surface area contributed by atoms with Gasteiger partial charge in [0.1, 0.15) is 0 Å². The molecule has 0 amide bonds. The summed E-state index contributed by atoms with van der Waals surface area (Å²) in [5, 5.41) is 0. The number of hydrogen-bond acceptors (Lipinski definition) is 4. The second-order valence-electron chi connectivity index (χ2n) is 2.93. The summed E-state index contributed by atoms with van der Waals surface area (Å²) in [6.45, 7) is 0. The summed E-state index contributed by atoms with van der Waals surface area (Å²) < 4.78 is -2.86. The first kappa shape index (κ1) is 12.6. The van der Waals surface area contributed by atoms with Gasteiger partial charge in [0.2, 0.25) is 14.1 Å². The molecular formula is C9H4Cl3NOS2. The van der Waals surface area contributed by atoms with E-state index in [0.717, 1.165) is 9.79 Å². The van der Waals surface area contributed by atoms with Crippen molar-refractivity contribution in [2.24, 2.45) is 4.99 Å². The lowest BCUT2D eigenvalue weighted by atomic mass is 10.4. The quantitative estimate of drug-likeness (QED) is 0.441. The highest BCUT2D eigenvalue weighted by atomic mass is 35.6. The van der Waals surface area contributed by atoms with Crippen molar-refractivity contribution >= 4 is 64.4 Å². The van der Waals surface area contributed by atoms with Crippen molar-refractivity contribution in [2.75, 3.05) is 0 Å². The van der Waals surface area contributed by atoms with Crippen molar-refractivity contribution in [3.63, 3.8) is 0 Å². The lowest BCUT2D eigenvalue weighted by molar-refractivity contribution is 0.561. The highest BCUT2D eigenvalue weighted by Gasteiger charge is 2.55. The molecule has 0 spiro atoms. The lowest BCUT2D eigenvalue weighted by Crippen LogP contribution is -2.31. The van der Waals surface area contributed by atoms with Crippen molar-refractivity contribution in [1.82, 2.24) is 0 Å². The summed E-state index contributed by atoms with van der Waals surface area (Å²) in [6, 6.07) is 7.55. The molecule has 1 aromatic carbocycles. The second kappa shape index (κ2) is 4.45. The molecule has 1 aliphatic rings. The average molecular weight is 313 g/mol. The zero-order valence-electron chi connectivity index (χ0n) is 7.62. The number of halogens is 3. The number of alkyl halides is 3. The molecule has 1 aromatic rings. The molecule has 0 unspecified atom stereocenters. The fourth-order valence-corrected chi connectivity index (χ4v) is 4.62. The third kappa shape index (κ3) is 2.10. The maximum absolute atomic E-state index is 10.5. The molecule has 2 nitrogen and oxygen atoms in total. The van der Waals surface area contributed by atoms with Gasteiger partial charge in [-0.3, -0.25) is 0 Å². The van der Waals surface area contributed by atoms with E-state index in [2.05, 4.69) is 4.99 Å². The molecule has 16 heavy (non-hydrogen) atoms. The van der Waals surface area contributed by atoms with Gasteiger partial charge in [0.25, 0.3) is 0 Å². The van der Waals surface area contributed by atoms with E-state index in [1.165, 1.54) is 29.6 Å². The first-order valence-electron chi connectivity index (χ1n) is 4.11. The van der Waals surface area contributed by atoms with Crippen LogP contribution in [0, 0.1) is 0 Å². The zero-order chi connectivity index (χ0) is 11.8. The van der Waals surface area contributed by atoms with Crippen LogP contribution < -0.4 is 0 Å². The van der Waals surface area contributed by atoms with Gasteiger partial charge in [0.15, 0.2) is 0 Å². The fourth-order valence-electron chi connectivity index (χ4n) is 1.22. The van der Waals surface area contributed by atoms with Crippen LogP contribution in [-0.2, 0) is 4.79 Å². The number of hydrogen-bond donors (Lipinski definition) is 0. The van der Waals surface area contributed by atoms with Gasteiger partial charge in [-0.1, -0.05) is 70.5 Å². The van der Waals surface area contributed by atoms with Crippen molar-refractivity contribution in [2.45, 2.75) is 17.8 Å². The Balaban J connectivity index is 2.46. The first-order valence-corrected chi connectivity index (χ1v) is 6.88. The maximum atomic E-state index is 10.5. The van der Waals surface area contributed by atoms with E-state index in [1.54, 1.807) is 0 Å². The van der Waals surface area contributed by atoms with Crippen LogP contribution in [0.4, 0.5) is 0 Å². The molecule has 84 valence electrons. The van der Waals surface area contributed by atoms with Crippen molar-refractivity contribution < 1.29 is 4.79 Å². The van der Waals surface area contributed by atoms with Gasteiger partial charge in [-0.25, -0.2) is 4.79 Å². The standard InChI is InChI=1S/C9H4Cl3NOS2/c10-8(11,12)9(13-5-14)15-6-3-1-2-4-7(6)16-9/h1-4H. The minimum Gasteiger partial charge on any atom is -0.211 e. The van der Waals surface area contributed by atoms with Crippen LogP contribution in [0.25, 0.3) is 0 Å². The molecule has 0 N–H and O–H groups in total. The number of benzene rings is 1. The van der Waals surface area contributed by atoms with E-state index >= 15 is 0 Å². The molecule has 0 fully saturated rings. The molecule has 0 radical (unpaired) electrons. The van der Waals surface area contributed by atoms with E-state index in [0.29, 0.717) is 0 Å². The van der Waals surface area contributed by atoms with Gasteiger partial charge in [-0.05, 0) is 12.1 Å². The SMILES string of the molecule is O=C=NC1(C(Cl)(Cl)Cl)Sc2ccccc2S1. The van der Waals surface area contributed by atoms with Gasteiger partial charge < -0.3 is 0 Å². The van der Waals surface area contributed by atoms with Crippen LogP contribution >= 0.6 is 58.3 Å². The van der Waals surface area contributed by atoms with Gasteiger partial charge in [-0.2, -0.15) is 4.99 Å². The Morgan fingerprint density at radius 2 is 1.69 bits per heavy atom. The van der Waals surface area contributed by atoms with Crippen LogP contribution in [0.15, 0.2) is 39.0 Å². The number of isocyanates is 1. The Morgan fingerprint density at radius 3 is 2.06 bits per heavy atom. The summed E-state index contributed by atoms with van der Waals surface area (Å²) in [5.41, 5.74) is 0. The molecule has 1 heterocycles. The topological polar surface area (TPSA) is 29.4 Å². The number of fused-ring (bicyclic) bond motifs is 1. The van der Waals surface area contributed by atoms with Crippen molar-refractivity contribution in [1.29, 1.82) is 0 Å². The molecule has 7 heteroatoms. The van der Waals surface area contributed by atoms with Crippen LogP contribution in [0.1, 0.15) is 0 Å². The van der Waals surface area contributed by atoms with E-state index in [-0.39, 0.29) is 0 Å². The van der Waals surface area contributed by atoms with Crippen LogP contribution in [-0.4, -0.2) is 14.1 Å². The van der Waals surface area contributed by atoms with E-state index in [1.807, 2.05) is 24.3 Å². The smallest absolute Gasteiger partial charge is 0.211 e. The van der Waals surface area contributed by atoms with Gasteiger partial charge in [-0.15, -0.1) is 0 Å². The predicted octanol–water partition coefficient (Wildman–Crippen LogP) is 4.24. The summed E-state index contributed by atoms with van der Waals surface area (Å²) in [7, 11) is 0. The van der Waals surface area contributed by atoms with Gasteiger partial charge >= 0.3 is 0 Å². The molecule has 0 aromatic heterocycles. The largest absolute Gasteiger partial charge is 0.237 e. The summed E-state index contributed by atoms with van der Waals surface area (Å²) in [6.07, 6.45) is 1.47. The summed E-state index contributed by atoms with van der Waals surface area (Å²) >= 11 is 20.2. The van der Waals surface area contributed by atoms with E-state index < -0.39 is 8.00 Å². The van der Waals surface area contributed by atoms with E-state index in [4.69, 9.17) is 34.8 Å². The maximum Gasteiger partial charge on any atom is 0.237 e. The molecular weight excluding hydrogens is 309 g/mol. The first-order chi connectivity index (χ1) is 7.48. The van der Waals surface area contributed by atoms with Gasteiger partial charge in [0, 0.05) is 9.79 Å². The zero-order valence-corrected chi connectivity index (χ0v) is 11.5. The van der Waals surface area contributed by atoms with E-state index in [9.17, 15) is 4.79 Å². The highest BCUT2D eigenvalue weighted by Crippen LogP contribution is 2.64. The van der Waals surface area contributed by atoms with Gasteiger partial charge in [0.05, 0.1) is 0 Å². The Labute approximate surface area is 116 Å². The fraction of sp³-hybridized carbons (Fsp3) is 0.222. The molecule has 0 saturated carbocycles. The Hall–Kier alpha value is 0.170. The minimum atomic E-state index is -1.68. The number of aliphatic imine (C=N–C) groups is 1. The average Bonchev–Trinajstić information content (AvgIpc) is 2.56. The normalized spacial score (nSPS) is 17.7. The Morgan fingerprint density at radius 1 is 1.19 bits per heavy atom. The number of carbonyl (C=O) groups excluding carboxylic acids is 1. The van der Waals surface area contributed by atoms with Crippen LogP contribution in [0.5, 0.6) is 0 Å². The molecule has 0 bridgehead atoms. The third-order valence-corrected chi connectivity index (χ3v) is 6.52. The van der Waals surface area contributed by atoms with Crippen molar-refractivity contribution in [3.8, 4) is 0 Å². The second-order valence-corrected chi connectivity index (χ2v) is 7.94. The van der Waals surface area contributed by atoms with Crippen LogP contribution in [0.2, 0.25) is 0 Å². The molecule has 0 saturated heterocycles. The monoisotopic (exact) mass is 311 g/mol. The number of rotatable bonds is 1. The Kier molecular flexibility index (Phi) is 3.51. The molecule has 1 aliphatic heterocycles. The third-order valence-electron chi connectivity index (χ3n) is 1.90. The number of nitrogens with zero attached hydrogens (tertiary/aromatic N) is 1. The lowest BCUT2D eigenvalue weighted by Gasteiger charge is -2.27. The Bertz CT molecular complexity index is 443. The summed E-state index contributed by atoms with van der Waals surface area (Å²) in [5.74, 6) is 0. The minimum absolute atomic E-state index is 0.942. The molecule has 2 rings (SSSR count). The highest BCUT2D eigenvalue weighted by molar-refractivity contribution is 8.21.